The van der Waals surface area contributed by atoms with Gasteiger partial charge < -0.3 is 14.8 Å². The number of benzene rings is 3. The zero-order valence-electron chi connectivity index (χ0n) is 14.4. The number of amides is 1. The van der Waals surface area contributed by atoms with Gasteiger partial charge in [0.25, 0.3) is 5.91 Å². The lowest BCUT2D eigenvalue weighted by Gasteiger charge is -2.09. The summed E-state index contributed by atoms with van der Waals surface area (Å²) < 4.78 is 10.2. The molecule has 0 saturated heterocycles. The van der Waals surface area contributed by atoms with E-state index in [-0.39, 0.29) is 18.5 Å². The van der Waals surface area contributed by atoms with Crippen molar-refractivity contribution < 1.29 is 19.1 Å². The van der Waals surface area contributed by atoms with E-state index >= 15 is 0 Å². The average Bonchev–Trinajstić information content (AvgIpc) is 2.70. The quantitative estimate of drug-likeness (QED) is 0.694. The lowest BCUT2D eigenvalue weighted by molar-refractivity contribution is -0.123. The summed E-state index contributed by atoms with van der Waals surface area (Å²) in [5, 5.41) is 4.98. The van der Waals surface area contributed by atoms with Gasteiger partial charge in [-0.25, -0.2) is 4.79 Å². The monoisotopic (exact) mass is 349 g/mol. The highest BCUT2D eigenvalue weighted by Crippen LogP contribution is 2.20. The van der Waals surface area contributed by atoms with Crippen molar-refractivity contribution in [1.29, 1.82) is 0 Å². The van der Waals surface area contributed by atoms with Crippen LogP contribution in [0.5, 0.6) is 5.75 Å². The van der Waals surface area contributed by atoms with E-state index in [1.807, 2.05) is 42.5 Å². The maximum absolute atomic E-state index is 12.0. The average molecular weight is 349 g/mol. The molecule has 0 fully saturated rings. The molecule has 3 rings (SSSR count). The third-order valence-electron chi connectivity index (χ3n) is 3.96. The van der Waals surface area contributed by atoms with Crippen LogP contribution in [-0.2, 0) is 16.1 Å². The number of ether oxygens (including phenoxy) is 2. The predicted octanol–water partition coefficient (Wildman–Crippen LogP) is 3.32. The number of hydrogen-bond donors (Lipinski definition) is 1. The van der Waals surface area contributed by atoms with Crippen LogP contribution in [0.3, 0.4) is 0 Å². The van der Waals surface area contributed by atoms with Gasteiger partial charge in [0.05, 0.1) is 12.7 Å². The SMILES string of the molecule is COC(=O)c1ccc(CNC(=O)COc2ccc3ccccc3c2)cc1. The number of nitrogens with one attached hydrogen (secondary N) is 1. The number of fused-ring (bicyclic) bond motifs is 1. The molecule has 0 radical (unpaired) electrons. The summed E-state index contributed by atoms with van der Waals surface area (Å²) in [6, 6.07) is 20.6. The Bertz CT molecular complexity index is 919. The smallest absolute Gasteiger partial charge is 0.337 e. The van der Waals surface area contributed by atoms with Crippen molar-refractivity contribution in [3.8, 4) is 5.75 Å². The fourth-order valence-corrected chi connectivity index (χ4v) is 2.53. The molecule has 0 aliphatic carbocycles. The molecule has 0 unspecified atom stereocenters. The molecular weight excluding hydrogens is 330 g/mol. The van der Waals surface area contributed by atoms with Crippen molar-refractivity contribution in [1.82, 2.24) is 5.32 Å². The molecule has 0 aliphatic heterocycles. The van der Waals surface area contributed by atoms with E-state index in [1.165, 1.54) is 7.11 Å². The normalized spacial score (nSPS) is 10.3. The maximum Gasteiger partial charge on any atom is 0.337 e. The van der Waals surface area contributed by atoms with Crippen LogP contribution in [-0.4, -0.2) is 25.6 Å². The second-order valence-electron chi connectivity index (χ2n) is 5.76. The fourth-order valence-electron chi connectivity index (χ4n) is 2.53. The van der Waals surface area contributed by atoms with Gasteiger partial charge in [-0.1, -0.05) is 42.5 Å². The lowest BCUT2D eigenvalue weighted by Crippen LogP contribution is -2.28. The van der Waals surface area contributed by atoms with Gasteiger partial charge in [-0.2, -0.15) is 0 Å². The van der Waals surface area contributed by atoms with Crippen LogP contribution in [0.25, 0.3) is 10.8 Å². The Hall–Kier alpha value is -3.34. The van der Waals surface area contributed by atoms with Crippen LogP contribution >= 0.6 is 0 Å². The first-order chi connectivity index (χ1) is 12.7. The van der Waals surface area contributed by atoms with Gasteiger partial charge in [0.1, 0.15) is 5.75 Å². The van der Waals surface area contributed by atoms with Crippen molar-refractivity contribution >= 4 is 22.6 Å². The van der Waals surface area contributed by atoms with Crippen molar-refractivity contribution in [3.05, 3.63) is 77.9 Å². The highest BCUT2D eigenvalue weighted by atomic mass is 16.5. The Morgan fingerprint density at radius 3 is 2.38 bits per heavy atom. The van der Waals surface area contributed by atoms with E-state index < -0.39 is 0 Å². The molecule has 1 amide bonds. The van der Waals surface area contributed by atoms with Crippen molar-refractivity contribution in [2.45, 2.75) is 6.54 Å². The molecule has 0 atom stereocenters. The van der Waals surface area contributed by atoms with E-state index in [2.05, 4.69) is 10.1 Å². The Kier molecular flexibility index (Phi) is 5.49. The second-order valence-corrected chi connectivity index (χ2v) is 5.76. The molecule has 0 spiro atoms. The maximum atomic E-state index is 12.0. The summed E-state index contributed by atoms with van der Waals surface area (Å²) in [6.45, 7) is 0.306. The summed E-state index contributed by atoms with van der Waals surface area (Å²) in [7, 11) is 1.34. The number of rotatable bonds is 6. The van der Waals surface area contributed by atoms with Gasteiger partial charge in [0.15, 0.2) is 6.61 Å². The van der Waals surface area contributed by atoms with Gasteiger partial charge in [0, 0.05) is 6.54 Å². The summed E-state index contributed by atoms with van der Waals surface area (Å²) in [4.78, 5) is 23.3. The first-order valence-corrected chi connectivity index (χ1v) is 8.21. The summed E-state index contributed by atoms with van der Waals surface area (Å²) in [5.74, 6) is 0.0563. The molecule has 5 nitrogen and oxygen atoms in total. The topological polar surface area (TPSA) is 64.6 Å². The highest BCUT2D eigenvalue weighted by Gasteiger charge is 2.06. The first kappa shape index (κ1) is 17.5. The highest BCUT2D eigenvalue weighted by molar-refractivity contribution is 5.89. The first-order valence-electron chi connectivity index (χ1n) is 8.21. The Morgan fingerprint density at radius 1 is 0.923 bits per heavy atom. The van der Waals surface area contributed by atoms with Gasteiger partial charge in [-0.05, 0) is 40.6 Å². The van der Waals surface area contributed by atoms with E-state index in [0.717, 1.165) is 16.3 Å². The molecule has 0 heterocycles. The van der Waals surface area contributed by atoms with E-state index in [1.54, 1.807) is 24.3 Å². The number of esters is 1. The second kappa shape index (κ2) is 8.16. The Balaban J connectivity index is 1.50. The summed E-state index contributed by atoms with van der Waals surface area (Å²) in [6.07, 6.45) is 0. The van der Waals surface area contributed by atoms with Crippen molar-refractivity contribution in [2.75, 3.05) is 13.7 Å². The minimum Gasteiger partial charge on any atom is -0.484 e. The molecule has 1 N–H and O–H groups in total. The molecule has 3 aromatic rings. The predicted molar refractivity (Wildman–Crippen MR) is 99.1 cm³/mol. The third kappa shape index (κ3) is 4.39. The molecule has 0 aromatic heterocycles. The minimum absolute atomic E-state index is 0.0570. The number of carbonyl (C=O) groups is 2. The molecular formula is C21H19NO4. The Labute approximate surface area is 151 Å². The molecule has 5 heteroatoms. The van der Waals surface area contributed by atoms with E-state index in [0.29, 0.717) is 17.9 Å². The van der Waals surface area contributed by atoms with Crippen LogP contribution in [0.1, 0.15) is 15.9 Å². The van der Waals surface area contributed by atoms with Crippen molar-refractivity contribution in [3.63, 3.8) is 0 Å². The molecule has 26 heavy (non-hydrogen) atoms. The van der Waals surface area contributed by atoms with Crippen LogP contribution in [0.15, 0.2) is 66.7 Å². The van der Waals surface area contributed by atoms with Gasteiger partial charge in [0.2, 0.25) is 0 Å². The van der Waals surface area contributed by atoms with Crippen LogP contribution in [0.2, 0.25) is 0 Å². The zero-order valence-corrected chi connectivity index (χ0v) is 14.4. The lowest BCUT2D eigenvalue weighted by atomic mass is 10.1. The molecule has 0 bridgehead atoms. The minimum atomic E-state index is -0.385. The van der Waals surface area contributed by atoms with Gasteiger partial charge in [-0.15, -0.1) is 0 Å². The van der Waals surface area contributed by atoms with Gasteiger partial charge >= 0.3 is 5.97 Å². The Morgan fingerprint density at radius 2 is 1.65 bits per heavy atom. The van der Waals surface area contributed by atoms with Crippen LogP contribution in [0.4, 0.5) is 0 Å². The molecule has 0 saturated carbocycles. The van der Waals surface area contributed by atoms with E-state index in [4.69, 9.17) is 4.74 Å². The van der Waals surface area contributed by atoms with E-state index in [9.17, 15) is 9.59 Å². The number of hydrogen-bond acceptors (Lipinski definition) is 4. The van der Waals surface area contributed by atoms with Crippen LogP contribution in [0, 0.1) is 0 Å². The van der Waals surface area contributed by atoms with Gasteiger partial charge in [-0.3, -0.25) is 4.79 Å². The number of carbonyl (C=O) groups excluding carboxylic acids is 2. The number of methoxy groups -OCH3 is 1. The fraction of sp³-hybridized carbons (Fsp3) is 0.143. The van der Waals surface area contributed by atoms with Crippen molar-refractivity contribution in [2.24, 2.45) is 0 Å². The summed E-state index contributed by atoms with van der Waals surface area (Å²) in [5.41, 5.74) is 1.36. The molecule has 3 aromatic carbocycles. The van der Waals surface area contributed by atoms with Crippen LogP contribution < -0.4 is 10.1 Å². The standard InChI is InChI=1S/C21H19NO4/c1-25-21(24)17-8-6-15(7-9-17)13-22-20(23)14-26-19-11-10-16-4-2-3-5-18(16)12-19/h2-12H,13-14H2,1H3,(H,22,23). The summed E-state index contributed by atoms with van der Waals surface area (Å²) >= 11 is 0. The zero-order chi connectivity index (χ0) is 18.4. The third-order valence-corrected chi connectivity index (χ3v) is 3.96. The molecule has 0 aliphatic rings. The molecule has 132 valence electrons. The largest absolute Gasteiger partial charge is 0.484 e.